The molecule has 0 heterocycles. The Kier molecular flexibility index (Phi) is 7.03. The predicted molar refractivity (Wildman–Crippen MR) is 76.0 cm³/mol. The van der Waals surface area contributed by atoms with Crippen LogP contribution in [0.2, 0.25) is 0 Å². The SMILES string of the molecule is Cc1cccc(C(=O)NCCN(C)C)c1[N+](=O)[O-].Cl. The second-order valence-corrected chi connectivity index (χ2v) is 4.29. The van der Waals surface area contributed by atoms with Gasteiger partial charge in [0.25, 0.3) is 11.6 Å². The minimum atomic E-state index is -0.518. The van der Waals surface area contributed by atoms with E-state index in [0.717, 1.165) is 0 Å². The van der Waals surface area contributed by atoms with Gasteiger partial charge in [0.15, 0.2) is 0 Å². The van der Waals surface area contributed by atoms with E-state index in [-0.39, 0.29) is 23.7 Å². The van der Waals surface area contributed by atoms with Gasteiger partial charge in [-0.1, -0.05) is 12.1 Å². The fraction of sp³-hybridized carbons (Fsp3) is 0.417. The largest absolute Gasteiger partial charge is 0.351 e. The molecule has 1 rings (SSSR count). The molecule has 0 aromatic heterocycles. The van der Waals surface area contributed by atoms with Gasteiger partial charge in [-0.2, -0.15) is 0 Å². The van der Waals surface area contributed by atoms with E-state index in [9.17, 15) is 14.9 Å². The molecule has 0 aliphatic rings. The van der Waals surface area contributed by atoms with Gasteiger partial charge in [0.05, 0.1) is 4.92 Å². The van der Waals surface area contributed by atoms with Crippen molar-refractivity contribution >= 4 is 24.0 Å². The molecule has 0 atom stereocenters. The summed E-state index contributed by atoms with van der Waals surface area (Å²) < 4.78 is 0. The summed E-state index contributed by atoms with van der Waals surface area (Å²) in [6, 6.07) is 4.73. The number of para-hydroxylation sites is 1. The summed E-state index contributed by atoms with van der Waals surface area (Å²) in [6.45, 7) is 2.76. The third-order valence-electron chi connectivity index (χ3n) is 2.51. The molecule has 0 saturated carbocycles. The van der Waals surface area contributed by atoms with E-state index in [1.165, 1.54) is 6.07 Å². The summed E-state index contributed by atoms with van der Waals surface area (Å²) >= 11 is 0. The lowest BCUT2D eigenvalue weighted by Gasteiger charge is -2.10. The Morgan fingerprint density at radius 2 is 2.05 bits per heavy atom. The maximum absolute atomic E-state index is 11.9. The maximum atomic E-state index is 11.9. The van der Waals surface area contributed by atoms with Crippen molar-refractivity contribution in [1.82, 2.24) is 10.2 Å². The lowest BCUT2D eigenvalue weighted by atomic mass is 10.1. The van der Waals surface area contributed by atoms with E-state index in [4.69, 9.17) is 0 Å². The molecule has 1 N–H and O–H groups in total. The minimum absolute atomic E-state index is 0. The molecule has 1 aromatic carbocycles. The zero-order valence-electron chi connectivity index (χ0n) is 11.2. The molecule has 0 fully saturated rings. The fourth-order valence-electron chi connectivity index (χ4n) is 1.57. The monoisotopic (exact) mass is 287 g/mol. The molecule has 0 saturated heterocycles. The van der Waals surface area contributed by atoms with Gasteiger partial charge >= 0.3 is 0 Å². The standard InChI is InChI=1S/C12H17N3O3.ClH/c1-9-5-4-6-10(11(9)15(17)18)12(16)13-7-8-14(2)3;/h4-6H,7-8H2,1-3H3,(H,13,16);1H. The molecule has 0 radical (unpaired) electrons. The average molecular weight is 288 g/mol. The van der Waals surface area contributed by atoms with E-state index < -0.39 is 10.8 Å². The van der Waals surface area contributed by atoms with Gasteiger partial charge in [0.1, 0.15) is 5.56 Å². The quantitative estimate of drug-likeness (QED) is 0.659. The number of nitro groups is 1. The number of hydrogen-bond donors (Lipinski definition) is 1. The Hall–Kier alpha value is -1.66. The number of aryl methyl sites for hydroxylation is 1. The molecule has 1 aromatic rings. The summed E-state index contributed by atoms with van der Waals surface area (Å²) in [5.41, 5.74) is 0.471. The molecule has 0 unspecified atom stereocenters. The van der Waals surface area contributed by atoms with Gasteiger partial charge in [0, 0.05) is 18.7 Å². The number of halogens is 1. The van der Waals surface area contributed by atoms with E-state index in [2.05, 4.69) is 5.32 Å². The number of benzene rings is 1. The van der Waals surface area contributed by atoms with Crippen molar-refractivity contribution in [3.05, 3.63) is 39.4 Å². The van der Waals surface area contributed by atoms with Crippen LogP contribution in [0.25, 0.3) is 0 Å². The Bertz CT molecular complexity index is 464. The highest BCUT2D eigenvalue weighted by Crippen LogP contribution is 2.22. The van der Waals surface area contributed by atoms with Gasteiger partial charge < -0.3 is 10.2 Å². The smallest absolute Gasteiger partial charge is 0.285 e. The average Bonchev–Trinajstić information content (AvgIpc) is 2.27. The van der Waals surface area contributed by atoms with Crippen LogP contribution >= 0.6 is 12.4 Å². The van der Waals surface area contributed by atoms with Gasteiger partial charge in [-0.15, -0.1) is 12.4 Å². The van der Waals surface area contributed by atoms with Crippen LogP contribution in [-0.2, 0) is 0 Å². The predicted octanol–water partition coefficient (Wildman–Crippen LogP) is 1.62. The Morgan fingerprint density at radius 3 is 2.58 bits per heavy atom. The highest BCUT2D eigenvalue weighted by atomic mass is 35.5. The van der Waals surface area contributed by atoms with Gasteiger partial charge in [-0.05, 0) is 27.1 Å². The van der Waals surface area contributed by atoms with Crippen molar-refractivity contribution in [2.45, 2.75) is 6.92 Å². The van der Waals surface area contributed by atoms with Crippen molar-refractivity contribution in [3.63, 3.8) is 0 Å². The first kappa shape index (κ1) is 17.3. The first-order valence-electron chi connectivity index (χ1n) is 5.60. The van der Waals surface area contributed by atoms with Crippen LogP contribution < -0.4 is 5.32 Å². The van der Waals surface area contributed by atoms with Crippen LogP contribution in [0, 0.1) is 17.0 Å². The summed E-state index contributed by atoms with van der Waals surface area (Å²) in [4.78, 5) is 24.2. The van der Waals surface area contributed by atoms with Crippen molar-refractivity contribution in [1.29, 1.82) is 0 Å². The molecule has 0 aliphatic heterocycles. The van der Waals surface area contributed by atoms with E-state index in [1.54, 1.807) is 19.1 Å². The number of nitrogens with zero attached hydrogens (tertiary/aromatic N) is 2. The number of nitro benzene ring substituents is 1. The highest BCUT2D eigenvalue weighted by Gasteiger charge is 2.21. The van der Waals surface area contributed by atoms with Crippen molar-refractivity contribution in [2.75, 3.05) is 27.2 Å². The molecule has 0 aliphatic carbocycles. The number of likely N-dealkylation sites (N-methyl/N-ethyl adjacent to an activating group) is 1. The van der Waals surface area contributed by atoms with Gasteiger partial charge in [0.2, 0.25) is 0 Å². The van der Waals surface area contributed by atoms with E-state index in [1.807, 2.05) is 19.0 Å². The van der Waals surface area contributed by atoms with E-state index >= 15 is 0 Å². The second-order valence-electron chi connectivity index (χ2n) is 4.29. The lowest BCUT2D eigenvalue weighted by molar-refractivity contribution is -0.385. The van der Waals surface area contributed by atoms with Crippen molar-refractivity contribution in [2.24, 2.45) is 0 Å². The molecular weight excluding hydrogens is 270 g/mol. The first-order chi connectivity index (χ1) is 8.43. The Morgan fingerprint density at radius 1 is 1.42 bits per heavy atom. The van der Waals surface area contributed by atoms with Gasteiger partial charge in [-0.3, -0.25) is 14.9 Å². The summed E-state index contributed by atoms with van der Waals surface area (Å²) in [6.07, 6.45) is 0. The van der Waals surface area contributed by atoms with Crippen LogP contribution in [0.1, 0.15) is 15.9 Å². The summed E-state index contributed by atoms with van der Waals surface area (Å²) in [7, 11) is 3.78. The Labute approximate surface area is 118 Å². The third kappa shape index (κ3) is 4.84. The first-order valence-corrected chi connectivity index (χ1v) is 5.60. The molecule has 0 bridgehead atoms. The number of rotatable bonds is 5. The van der Waals surface area contributed by atoms with Crippen LogP contribution in [0.15, 0.2) is 18.2 Å². The van der Waals surface area contributed by atoms with Crippen molar-refractivity contribution in [3.8, 4) is 0 Å². The normalized spacial score (nSPS) is 9.89. The van der Waals surface area contributed by atoms with Gasteiger partial charge in [-0.25, -0.2) is 0 Å². The number of hydrogen-bond acceptors (Lipinski definition) is 4. The molecule has 7 heteroatoms. The summed E-state index contributed by atoms with van der Waals surface area (Å²) in [5.74, 6) is -0.410. The molecule has 1 amide bonds. The third-order valence-corrected chi connectivity index (χ3v) is 2.51. The zero-order chi connectivity index (χ0) is 13.7. The van der Waals surface area contributed by atoms with Crippen LogP contribution in [0.4, 0.5) is 5.69 Å². The lowest BCUT2D eigenvalue weighted by Crippen LogP contribution is -2.31. The molecular formula is C12H18ClN3O3. The van der Waals surface area contributed by atoms with Crippen LogP contribution in [-0.4, -0.2) is 42.9 Å². The number of carbonyl (C=O) groups excluding carboxylic acids is 1. The highest BCUT2D eigenvalue weighted by molar-refractivity contribution is 5.98. The maximum Gasteiger partial charge on any atom is 0.285 e. The fourth-order valence-corrected chi connectivity index (χ4v) is 1.57. The molecule has 106 valence electrons. The molecule has 19 heavy (non-hydrogen) atoms. The number of nitrogens with one attached hydrogen (secondary N) is 1. The second kappa shape index (κ2) is 7.70. The molecule has 0 spiro atoms. The number of carbonyl (C=O) groups is 1. The van der Waals surface area contributed by atoms with Crippen LogP contribution in [0.3, 0.4) is 0 Å². The summed E-state index contributed by atoms with van der Waals surface area (Å²) in [5, 5.41) is 13.6. The Balaban J connectivity index is 0.00000324. The molecule has 6 nitrogen and oxygen atoms in total. The zero-order valence-corrected chi connectivity index (χ0v) is 12.0. The van der Waals surface area contributed by atoms with Crippen molar-refractivity contribution < 1.29 is 9.72 Å². The number of amides is 1. The topological polar surface area (TPSA) is 75.5 Å². The minimum Gasteiger partial charge on any atom is -0.351 e. The van der Waals surface area contributed by atoms with E-state index in [0.29, 0.717) is 18.7 Å². The van der Waals surface area contributed by atoms with Crippen LogP contribution in [0.5, 0.6) is 0 Å².